The van der Waals surface area contributed by atoms with E-state index in [1.807, 2.05) is 77.7 Å². The van der Waals surface area contributed by atoms with Gasteiger partial charge in [0.1, 0.15) is 11.8 Å². The Labute approximate surface area is 226 Å². The molecule has 2 aromatic heterocycles. The van der Waals surface area contributed by atoms with Gasteiger partial charge in [0.15, 0.2) is 10.2 Å². The van der Waals surface area contributed by atoms with E-state index >= 15 is 0 Å². The predicted molar refractivity (Wildman–Crippen MR) is 150 cm³/mol. The van der Waals surface area contributed by atoms with Crippen LogP contribution >= 0.6 is 24.0 Å². The van der Waals surface area contributed by atoms with E-state index in [-0.39, 0.29) is 24.4 Å². The molecule has 1 aliphatic heterocycles. The highest BCUT2D eigenvalue weighted by molar-refractivity contribution is 7.99. The van der Waals surface area contributed by atoms with E-state index in [0.29, 0.717) is 11.7 Å². The average molecular weight is 529 g/mol. The van der Waals surface area contributed by atoms with Gasteiger partial charge >= 0.3 is 0 Å². The third-order valence-corrected chi connectivity index (χ3v) is 7.59. The quantitative estimate of drug-likeness (QED) is 0.244. The minimum absolute atomic E-state index is 0.0523. The van der Waals surface area contributed by atoms with Crippen LogP contribution in [0.25, 0.3) is 0 Å². The van der Waals surface area contributed by atoms with E-state index < -0.39 is 0 Å². The molecule has 0 bridgehead atoms. The van der Waals surface area contributed by atoms with Gasteiger partial charge in [0.2, 0.25) is 5.91 Å². The fraction of sp³-hybridized carbons (Fsp3) is 0.207. The number of aryl methyl sites for hydroxylation is 1. The summed E-state index contributed by atoms with van der Waals surface area (Å²) in [6.45, 7) is 2.52. The number of anilines is 1. The van der Waals surface area contributed by atoms with Gasteiger partial charge in [-0.2, -0.15) is 0 Å². The predicted octanol–water partition coefficient (Wildman–Crippen LogP) is 6.39. The number of carbonyl (C=O) groups is 1. The van der Waals surface area contributed by atoms with Crippen LogP contribution in [0, 0.1) is 0 Å². The Morgan fingerprint density at radius 3 is 2.62 bits per heavy atom. The van der Waals surface area contributed by atoms with Gasteiger partial charge in [-0.25, -0.2) is 0 Å². The van der Waals surface area contributed by atoms with E-state index in [0.717, 1.165) is 39.1 Å². The van der Waals surface area contributed by atoms with Crippen LogP contribution in [0.3, 0.4) is 0 Å². The van der Waals surface area contributed by atoms with Gasteiger partial charge in [0.05, 0.1) is 11.7 Å². The highest BCUT2D eigenvalue weighted by Crippen LogP contribution is 2.41. The summed E-state index contributed by atoms with van der Waals surface area (Å²) in [6.07, 6.45) is 2.92. The van der Waals surface area contributed by atoms with Crippen molar-refractivity contribution in [2.75, 3.05) is 11.9 Å². The Hall–Kier alpha value is -3.62. The monoisotopic (exact) mass is 528 g/mol. The topological polar surface area (TPSA) is 70.4 Å². The molecular weight excluding hydrogens is 500 g/mol. The first-order valence-electron chi connectivity index (χ1n) is 12.3. The van der Waals surface area contributed by atoms with Crippen molar-refractivity contribution < 1.29 is 9.21 Å². The Bertz CT molecular complexity index is 1360. The van der Waals surface area contributed by atoms with E-state index in [1.54, 1.807) is 18.0 Å². The molecule has 2 aromatic carbocycles. The number of furan rings is 1. The van der Waals surface area contributed by atoms with Gasteiger partial charge in [-0.05, 0) is 66.7 Å². The van der Waals surface area contributed by atoms with Crippen molar-refractivity contribution in [2.24, 2.45) is 0 Å². The minimum Gasteiger partial charge on any atom is -0.452 e. The first-order chi connectivity index (χ1) is 18.1. The Morgan fingerprint density at radius 2 is 1.84 bits per heavy atom. The highest BCUT2D eigenvalue weighted by atomic mass is 32.2. The molecule has 0 radical (unpaired) electrons. The molecular formula is C29H28N4O2S2. The molecule has 188 valence electrons. The van der Waals surface area contributed by atoms with Crippen molar-refractivity contribution >= 4 is 40.7 Å². The number of carbonyl (C=O) groups excluding carboxylic acids is 1. The van der Waals surface area contributed by atoms with Gasteiger partial charge in [-0.3, -0.25) is 9.78 Å². The maximum Gasteiger partial charge on any atom is 0.226 e. The summed E-state index contributed by atoms with van der Waals surface area (Å²) in [5.41, 5.74) is 2.84. The molecule has 0 unspecified atom stereocenters. The second-order valence-corrected chi connectivity index (χ2v) is 10.2. The second-order valence-electron chi connectivity index (χ2n) is 8.70. The van der Waals surface area contributed by atoms with Crippen molar-refractivity contribution in [3.63, 3.8) is 0 Å². The molecule has 5 rings (SSSR count). The van der Waals surface area contributed by atoms with Crippen LogP contribution in [0.5, 0.6) is 0 Å². The first kappa shape index (κ1) is 25.0. The van der Waals surface area contributed by atoms with E-state index in [2.05, 4.69) is 34.7 Å². The van der Waals surface area contributed by atoms with Crippen molar-refractivity contribution in [3.8, 4) is 0 Å². The van der Waals surface area contributed by atoms with Gasteiger partial charge in [0, 0.05) is 29.7 Å². The van der Waals surface area contributed by atoms with Crippen LogP contribution in [0.1, 0.15) is 42.4 Å². The zero-order valence-corrected chi connectivity index (χ0v) is 22.1. The second kappa shape index (κ2) is 11.6. The summed E-state index contributed by atoms with van der Waals surface area (Å²) in [5, 5.41) is 7.86. The van der Waals surface area contributed by atoms with Crippen molar-refractivity contribution in [3.05, 3.63) is 108 Å². The maximum atomic E-state index is 12.9. The molecule has 6 nitrogen and oxygen atoms in total. The Morgan fingerprint density at radius 1 is 1.05 bits per heavy atom. The van der Waals surface area contributed by atoms with Gasteiger partial charge in [0.25, 0.3) is 0 Å². The van der Waals surface area contributed by atoms with Gasteiger partial charge in [-0.15, -0.1) is 0 Å². The molecule has 8 heteroatoms. The molecule has 0 spiro atoms. The fourth-order valence-electron chi connectivity index (χ4n) is 4.49. The molecule has 3 heterocycles. The zero-order chi connectivity index (χ0) is 25.6. The Kier molecular flexibility index (Phi) is 7.87. The van der Waals surface area contributed by atoms with E-state index in [1.165, 1.54) is 0 Å². The van der Waals surface area contributed by atoms with Gasteiger partial charge in [-0.1, -0.05) is 61.2 Å². The normalized spacial score (nSPS) is 17.0. The van der Waals surface area contributed by atoms with Gasteiger partial charge < -0.3 is 20.0 Å². The number of benzene rings is 2. The standard InChI is InChI=1S/C29H28N4O2S2/c1-2-20-10-6-7-13-22(20)31-25(34)17-19-33-28(27(32-29(33)36)23-14-8-9-18-30-23)24-15-16-26(35-24)37-21-11-4-3-5-12-21/h3-16,18,27-28H,2,17,19H2,1H3,(H,31,34)(H,32,36)/t27-,28-/m0/s1. The molecule has 1 amide bonds. The third-order valence-electron chi connectivity index (χ3n) is 6.31. The van der Waals surface area contributed by atoms with Crippen LogP contribution in [0.4, 0.5) is 5.69 Å². The molecule has 2 atom stereocenters. The average Bonchev–Trinajstić information content (AvgIpc) is 3.52. The summed E-state index contributed by atoms with van der Waals surface area (Å²) < 4.78 is 6.33. The zero-order valence-electron chi connectivity index (χ0n) is 20.5. The summed E-state index contributed by atoms with van der Waals surface area (Å²) in [5.74, 6) is 0.724. The minimum atomic E-state index is -0.233. The number of para-hydroxylation sites is 1. The molecule has 2 N–H and O–H groups in total. The highest BCUT2D eigenvalue weighted by Gasteiger charge is 2.41. The van der Waals surface area contributed by atoms with Crippen LogP contribution < -0.4 is 10.6 Å². The van der Waals surface area contributed by atoms with Crippen LogP contribution in [0.15, 0.2) is 106 Å². The number of hydrogen-bond donors (Lipinski definition) is 2. The molecule has 1 aliphatic rings. The van der Waals surface area contributed by atoms with Crippen LogP contribution in [-0.2, 0) is 11.2 Å². The van der Waals surface area contributed by atoms with E-state index in [9.17, 15) is 4.79 Å². The molecule has 4 aromatic rings. The number of pyridine rings is 1. The molecule has 1 fully saturated rings. The molecule has 0 saturated carbocycles. The Balaban J connectivity index is 1.36. The number of aromatic nitrogens is 1. The third kappa shape index (κ3) is 5.87. The maximum absolute atomic E-state index is 12.9. The smallest absolute Gasteiger partial charge is 0.226 e. The van der Waals surface area contributed by atoms with Crippen molar-refractivity contribution in [1.29, 1.82) is 0 Å². The molecule has 1 saturated heterocycles. The number of thiocarbonyl (C=S) groups is 1. The number of amides is 1. The number of nitrogens with one attached hydrogen (secondary N) is 2. The lowest BCUT2D eigenvalue weighted by Crippen LogP contribution is -2.32. The van der Waals surface area contributed by atoms with Crippen molar-refractivity contribution in [2.45, 2.75) is 41.8 Å². The first-order valence-corrected chi connectivity index (χ1v) is 13.5. The lowest BCUT2D eigenvalue weighted by Gasteiger charge is -2.25. The number of hydrogen-bond acceptors (Lipinski definition) is 5. The lowest BCUT2D eigenvalue weighted by atomic mass is 10.0. The number of nitrogens with zero attached hydrogens (tertiary/aromatic N) is 2. The van der Waals surface area contributed by atoms with Crippen LogP contribution in [0.2, 0.25) is 0 Å². The van der Waals surface area contributed by atoms with E-state index in [4.69, 9.17) is 16.6 Å². The fourth-order valence-corrected chi connectivity index (χ4v) is 5.62. The largest absolute Gasteiger partial charge is 0.452 e. The summed E-state index contributed by atoms with van der Waals surface area (Å²) in [4.78, 5) is 20.6. The summed E-state index contributed by atoms with van der Waals surface area (Å²) in [7, 11) is 0. The van der Waals surface area contributed by atoms with Crippen LogP contribution in [-0.4, -0.2) is 27.4 Å². The summed E-state index contributed by atoms with van der Waals surface area (Å²) in [6, 6.07) is 27.4. The van der Waals surface area contributed by atoms with Crippen molar-refractivity contribution in [1.82, 2.24) is 15.2 Å². The summed E-state index contributed by atoms with van der Waals surface area (Å²) >= 11 is 7.31. The lowest BCUT2D eigenvalue weighted by molar-refractivity contribution is -0.116. The molecule has 0 aliphatic carbocycles. The number of rotatable bonds is 9. The molecule has 37 heavy (non-hydrogen) atoms. The SMILES string of the molecule is CCc1ccccc1NC(=O)CCN1C(=S)N[C@@H](c2ccccn2)[C@@H]1c1ccc(Sc2ccccc2)o1.